The van der Waals surface area contributed by atoms with Gasteiger partial charge in [-0.05, 0) is 44.4 Å². The van der Waals surface area contributed by atoms with Crippen molar-refractivity contribution in [3.8, 4) is 0 Å². The molecule has 1 saturated heterocycles. The average molecular weight is 360 g/mol. The Balaban J connectivity index is 1.16. The second-order valence-corrected chi connectivity index (χ2v) is 8.08. The number of hydrogen-bond donors (Lipinski definition) is 1. The third-order valence-corrected chi connectivity index (χ3v) is 5.70. The van der Waals surface area contributed by atoms with Gasteiger partial charge in [0.25, 0.3) is 0 Å². The zero-order valence-corrected chi connectivity index (χ0v) is 15.4. The third-order valence-electron chi connectivity index (χ3n) is 5.70. The summed E-state index contributed by atoms with van der Waals surface area (Å²) in [7, 11) is 1.78. The fourth-order valence-electron chi connectivity index (χ4n) is 3.59. The summed E-state index contributed by atoms with van der Waals surface area (Å²) in [6.07, 6.45) is 6.42. The number of likely N-dealkylation sites (tertiary alicyclic amines) is 1. The van der Waals surface area contributed by atoms with Crippen molar-refractivity contribution in [2.24, 2.45) is 11.8 Å². The molecular formula is C19H28N4O3. The lowest BCUT2D eigenvalue weighted by Gasteiger charge is -2.32. The molecule has 1 aliphatic heterocycles. The highest BCUT2D eigenvalue weighted by Gasteiger charge is 2.35. The van der Waals surface area contributed by atoms with E-state index < -0.39 is 0 Å². The second-order valence-electron chi connectivity index (χ2n) is 8.08. The first-order valence-electron chi connectivity index (χ1n) is 9.83. The molecule has 1 aromatic rings. The first-order chi connectivity index (χ1) is 12.6. The number of carbonyl (C=O) groups is 2. The van der Waals surface area contributed by atoms with Crippen LogP contribution in [0.5, 0.6) is 0 Å². The van der Waals surface area contributed by atoms with E-state index in [1.807, 2.05) is 11.0 Å². The summed E-state index contributed by atoms with van der Waals surface area (Å²) in [6, 6.07) is 1.88. The van der Waals surface area contributed by atoms with E-state index in [0.29, 0.717) is 36.8 Å². The Morgan fingerprint density at radius 3 is 2.62 bits per heavy atom. The van der Waals surface area contributed by atoms with Crippen LogP contribution in [0.2, 0.25) is 0 Å². The van der Waals surface area contributed by atoms with Crippen LogP contribution in [0.4, 0.5) is 4.79 Å². The number of rotatable bonds is 6. The van der Waals surface area contributed by atoms with Crippen LogP contribution in [0.1, 0.15) is 55.9 Å². The summed E-state index contributed by atoms with van der Waals surface area (Å²) >= 11 is 0. The van der Waals surface area contributed by atoms with Crippen molar-refractivity contribution < 1.29 is 14.1 Å². The van der Waals surface area contributed by atoms with Crippen molar-refractivity contribution in [3.63, 3.8) is 0 Å². The maximum Gasteiger partial charge on any atom is 0.317 e. The van der Waals surface area contributed by atoms with Gasteiger partial charge >= 0.3 is 6.03 Å². The monoisotopic (exact) mass is 360 g/mol. The fraction of sp³-hybridized carbons (Fsp3) is 0.737. The van der Waals surface area contributed by atoms with E-state index in [2.05, 4.69) is 10.5 Å². The molecule has 0 aromatic carbocycles. The Bertz CT molecular complexity index is 657. The highest BCUT2D eigenvalue weighted by atomic mass is 16.5. The number of nitrogens with one attached hydrogen (secondary N) is 1. The summed E-state index contributed by atoms with van der Waals surface area (Å²) in [4.78, 5) is 28.0. The first-order valence-corrected chi connectivity index (χ1v) is 9.83. The van der Waals surface area contributed by atoms with Crippen molar-refractivity contribution in [2.75, 3.05) is 26.7 Å². The predicted molar refractivity (Wildman–Crippen MR) is 95.4 cm³/mol. The predicted octanol–water partition coefficient (Wildman–Crippen LogP) is 2.34. The van der Waals surface area contributed by atoms with E-state index >= 15 is 0 Å². The molecule has 7 nitrogen and oxygen atoms in total. The average Bonchev–Trinajstić information content (AvgIpc) is 3.58. The number of hydrogen-bond acceptors (Lipinski definition) is 4. The van der Waals surface area contributed by atoms with Crippen molar-refractivity contribution in [1.29, 1.82) is 0 Å². The van der Waals surface area contributed by atoms with Crippen LogP contribution in [0.25, 0.3) is 0 Å². The van der Waals surface area contributed by atoms with Gasteiger partial charge in [-0.1, -0.05) is 5.16 Å². The van der Waals surface area contributed by atoms with Gasteiger partial charge in [0.1, 0.15) is 11.5 Å². The molecule has 0 atom stereocenters. The van der Waals surface area contributed by atoms with Crippen molar-refractivity contribution >= 4 is 11.9 Å². The Morgan fingerprint density at radius 1 is 1.23 bits per heavy atom. The van der Waals surface area contributed by atoms with Gasteiger partial charge in [0.05, 0.1) is 6.54 Å². The number of piperidine rings is 1. The van der Waals surface area contributed by atoms with Crippen molar-refractivity contribution in [2.45, 2.75) is 51.0 Å². The van der Waals surface area contributed by atoms with E-state index in [1.54, 1.807) is 11.9 Å². The van der Waals surface area contributed by atoms with Gasteiger partial charge in [-0.3, -0.25) is 4.79 Å². The molecule has 3 aliphatic rings. The molecule has 2 saturated carbocycles. The summed E-state index contributed by atoms with van der Waals surface area (Å²) in [5.41, 5.74) is 0.802. The van der Waals surface area contributed by atoms with Gasteiger partial charge in [-0.25, -0.2) is 4.79 Å². The zero-order valence-electron chi connectivity index (χ0n) is 15.4. The van der Waals surface area contributed by atoms with E-state index in [-0.39, 0.29) is 6.03 Å². The quantitative estimate of drug-likeness (QED) is 0.844. The van der Waals surface area contributed by atoms with Crippen LogP contribution < -0.4 is 5.32 Å². The SMILES string of the molecule is CN(Cc1cc(C2CC2)on1)C(=O)NCC1CCN(C(=O)C2CC2)CC1. The number of nitrogens with zero attached hydrogens (tertiary/aromatic N) is 3. The summed E-state index contributed by atoms with van der Waals surface area (Å²) in [5, 5.41) is 7.08. The zero-order chi connectivity index (χ0) is 18.1. The molecule has 7 heteroatoms. The van der Waals surface area contributed by atoms with Gasteiger partial charge in [0, 0.05) is 44.6 Å². The molecular weight excluding hydrogens is 332 g/mol. The fourth-order valence-corrected chi connectivity index (χ4v) is 3.59. The molecule has 2 aliphatic carbocycles. The van der Waals surface area contributed by atoms with Gasteiger partial charge in [0.15, 0.2) is 0 Å². The van der Waals surface area contributed by atoms with Crippen LogP contribution >= 0.6 is 0 Å². The van der Waals surface area contributed by atoms with E-state index in [0.717, 1.165) is 50.2 Å². The topological polar surface area (TPSA) is 78.7 Å². The van der Waals surface area contributed by atoms with Crippen molar-refractivity contribution in [3.05, 3.63) is 17.5 Å². The lowest BCUT2D eigenvalue weighted by atomic mass is 9.96. The summed E-state index contributed by atoms with van der Waals surface area (Å²) in [6.45, 7) is 2.78. The van der Waals surface area contributed by atoms with Crippen LogP contribution in [0, 0.1) is 11.8 Å². The standard InChI is InChI=1S/C19H28N4O3/c1-22(12-16-10-17(26-21-16)14-2-3-14)19(25)20-11-13-6-8-23(9-7-13)18(24)15-4-5-15/h10,13-15H,2-9,11-12H2,1H3,(H,20,25). The van der Waals surface area contributed by atoms with Crippen LogP contribution in [-0.4, -0.2) is 53.6 Å². The summed E-state index contributed by atoms with van der Waals surface area (Å²) < 4.78 is 5.33. The van der Waals surface area contributed by atoms with Crippen LogP contribution in [-0.2, 0) is 11.3 Å². The van der Waals surface area contributed by atoms with Gasteiger partial charge in [0.2, 0.25) is 5.91 Å². The minimum Gasteiger partial charge on any atom is -0.361 e. The Labute approximate surface area is 154 Å². The molecule has 142 valence electrons. The molecule has 2 heterocycles. The smallest absolute Gasteiger partial charge is 0.317 e. The molecule has 3 amide bonds. The number of urea groups is 1. The molecule has 3 fully saturated rings. The third kappa shape index (κ3) is 4.19. The van der Waals surface area contributed by atoms with Crippen LogP contribution in [0.15, 0.2) is 10.6 Å². The summed E-state index contributed by atoms with van der Waals surface area (Å²) in [5.74, 6) is 2.57. The molecule has 26 heavy (non-hydrogen) atoms. The minimum atomic E-state index is -0.0857. The van der Waals surface area contributed by atoms with Gasteiger partial charge < -0.3 is 19.6 Å². The highest BCUT2D eigenvalue weighted by molar-refractivity contribution is 5.81. The second kappa shape index (κ2) is 7.29. The normalized spacial score (nSPS) is 20.9. The number of carbonyl (C=O) groups excluding carboxylic acids is 2. The lowest BCUT2D eigenvalue weighted by molar-refractivity contribution is -0.133. The van der Waals surface area contributed by atoms with E-state index in [4.69, 9.17) is 4.52 Å². The maximum atomic E-state index is 12.3. The molecule has 0 unspecified atom stereocenters. The molecule has 4 rings (SSSR count). The molecule has 0 radical (unpaired) electrons. The Hall–Kier alpha value is -2.05. The molecule has 1 aromatic heterocycles. The van der Waals surface area contributed by atoms with E-state index in [9.17, 15) is 9.59 Å². The van der Waals surface area contributed by atoms with E-state index in [1.165, 1.54) is 12.8 Å². The van der Waals surface area contributed by atoms with Crippen LogP contribution in [0.3, 0.4) is 0 Å². The first kappa shape index (κ1) is 17.4. The largest absolute Gasteiger partial charge is 0.361 e. The number of aromatic nitrogens is 1. The van der Waals surface area contributed by atoms with Gasteiger partial charge in [-0.2, -0.15) is 0 Å². The lowest BCUT2D eigenvalue weighted by Crippen LogP contribution is -2.44. The molecule has 0 bridgehead atoms. The van der Waals surface area contributed by atoms with Gasteiger partial charge in [-0.15, -0.1) is 0 Å². The van der Waals surface area contributed by atoms with Crippen molar-refractivity contribution in [1.82, 2.24) is 20.3 Å². The molecule has 1 N–H and O–H groups in total. The Morgan fingerprint density at radius 2 is 1.96 bits per heavy atom. The minimum absolute atomic E-state index is 0.0857. The molecule has 0 spiro atoms. The Kier molecular flexibility index (Phi) is 4.87. The highest BCUT2D eigenvalue weighted by Crippen LogP contribution is 2.40. The number of amides is 3. The maximum absolute atomic E-state index is 12.3.